The Kier molecular flexibility index (Phi) is 5.04. The molecule has 128 valence electrons. The number of hydrogen-bond donors (Lipinski definition) is 0. The summed E-state index contributed by atoms with van der Waals surface area (Å²) >= 11 is 1.71. The van der Waals surface area contributed by atoms with Gasteiger partial charge in [-0.15, -0.1) is 11.3 Å². The Morgan fingerprint density at radius 1 is 1.17 bits per heavy atom. The van der Waals surface area contributed by atoms with Gasteiger partial charge >= 0.3 is 0 Å². The molecule has 1 saturated heterocycles. The fraction of sp³-hybridized carbons (Fsp3) is 0.500. The largest absolute Gasteiger partial charge is 0.343 e. The highest BCUT2D eigenvalue weighted by Crippen LogP contribution is 2.36. The number of benzene rings is 1. The lowest BCUT2D eigenvalue weighted by Gasteiger charge is -2.30. The minimum atomic E-state index is -0.171. The first-order chi connectivity index (χ1) is 11.5. The highest BCUT2D eigenvalue weighted by atomic mass is 32.1. The number of nitrogens with zero attached hydrogens (tertiary/aromatic N) is 2. The van der Waals surface area contributed by atoms with Gasteiger partial charge in [0.25, 0.3) is 0 Å². The summed E-state index contributed by atoms with van der Waals surface area (Å²) in [6, 6.07) is 8.45. The van der Waals surface area contributed by atoms with Crippen LogP contribution in [0.4, 0.5) is 0 Å². The molecule has 0 N–H and O–H groups in total. The number of likely N-dealkylation sites (tertiary alicyclic amines) is 1. The molecule has 1 aliphatic heterocycles. The first kappa shape index (κ1) is 17.2. The van der Waals surface area contributed by atoms with E-state index in [1.54, 1.807) is 11.3 Å². The second kappa shape index (κ2) is 7.06. The summed E-state index contributed by atoms with van der Waals surface area (Å²) in [6.07, 6.45) is 6.04. The van der Waals surface area contributed by atoms with E-state index in [2.05, 4.69) is 50.0 Å². The van der Waals surface area contributed by atoms with Gasteiger partial charge in [-0.25, -0.2) is 4.98 Å². The van der Waals surface area contributed by atoms with Gasteiger partial charge in [0.2, 0.25) is 5.91 Å². The molecule has 1 amide bonds. The Labute approximate surface area is 148 Å². The predicted molar refractivity (Wildman–Crippen MR) is 100 cm³/mol. The van der Waals surface area contributed by atoms with Crippen LogP contribution in [0.5, 0.6) is 0 Å². The number of aromatic nitrogens is 1. The predicted octanol–water partition coefficient (Wildman–Crippen LogP) is 4.80. The molecule has 3 rings (SSSR count). The van der Waals surface area contributed by atoms with Gasteiger partial charge < -0.3 is 4.90 Å². The lowest BCUT2D eigenvalue weighted by atomic mass is 9.87. The summed E-state index contributed by atoms with van der Waals surface area (Å²) < 4.78 is 0. The number of hydrogen-bond acceptors (Lipinski definition) is 3. The Bertz CT molecular complexity index is 697. The van der Waals surface area contributed by atoms with E-state index in [1.165, 1.54) is 16.9 Å². The lowest BCUT2D eigenvalue weighted by Crippen LogP contribution is -2.38. The molecule has 0 radical (unpaired) electrons. The molecule has 1 aromatic heterocycles. The van der Waals surface area contributed by atoms with Crippen LogP contribution in [-0.2, 0) is 10.2 Å². The van der Waals surface area contributed by atoms with Crippen molar-refractivity contribution in [1.29, 1.82) is 0 Å². The van der Waals surface area contributed by atoms with E-state index >= 15 is 0 Å². The van der Waals surface area contributed by atoms with Gasteiger partial charge in [0.15, 0.2) is 0 Å². The van der Waals surface area contributed by atoms with E-state index in [0.29, 0.717) is 6.42 Å². The Morgan fingerprint density at radius 2 is 1.83 bits per heavy atom. The van der Waals surface area contributed by atoms with Gasteiger partial charge in [0.05, 0.1) is 0 Å². The minimum Gasteiger partial charge on any atom is -0.343 e. The summed E-state index contributed by atoms with van der Waals surface area (Å²) in [4.78, 5) is 20.4. The number of carbonyl (C=O) groups excluding carboxylic acids is 1. The molecular formula is C20H26N2OS. The van der Waals surface area contributed by atoms with E-state index in [-0.39, 0.29) is 11.3 Å². The van der Waals surface area contributed by atoms with Crippen molar-refractivity contribution in [2.45, 2.75) is 51.9 Å². The van der Waals surface area contributed by atoms with Crippen LogP contribution >= 0.6 is 11.3 Å². The monoisotopic (exact) mass is 342 g/mol. The number of piperidine rings is 1. The van der Waals surface area contributed by atoms with E-state index in [9.17, 15) is 4.79 Å². The number of rotatable bonds is 4. The molecule has 4 heteroatoms. The molecule has 1 aromatic carbocycles. The fourth-order valence-corrected chi connectivity index (χ4v) is 4.16. The Balaban J connectivity index is 1.72. The molecule has 3 nitrogen and oxygen atoms in total. The van der Waals surface area contributed by atoms with E-state index in [1.807, 2.05) is 11.1 Å². The molecule has 0 spiro atoms. The van der Waals surface area contributed by atoms with Gasteiger partial charge in [-0.1, -0.05) is 43.7 Å². The lowest BCUT2D eigenvalue weighted by molar-refractivity contribution is -0.133. The van der Waals surface area contributed by atoms with Crippen molar-refractivity contribution in [3.8, 4) is 10.6 Å². The zero-order valence-electron chi connectivity index (χ0n) is 14.8. The van der Waals surface area contributed by atoms with Crippen LogP contribution in [-0.4, -0.2) is 28.9 Å². The first-order valence-electron chi connectivity index (χ1n) is 8.77. The quantitative estimate of drug-likeness (QED) is 0.800. The molecule has 0 atom stereocenters. The van der Waals surface area contributed by atoms with Crippen LogP contribution in [0.2, 0.25) is 0 Å². The summed E-state index contributed by atoms with van der Waals surface area (Å²) in [7, 11) is 0. The van der Waals surface area contributed by atoms with Crippen molar-refractivity contribution in [2.75, 3.05) is 13.1 Å². The number of amides is 1. The van der Waals surface area contributed by atoms with Crippen molar-refractivity contribution in [3.63, 3.8) is 0 Å². The summed E-state index contributed by atoms with van der Waals surface area (Å²) in [5.74, 6) is 0.282. The maximum absolute atomic E-state index is 12.6. The third-order valence-corrected chi connectivity index (χ3v) is 6.19. The maximum atomic E-state index is 12.6. The van der Waals surface area contributed by atoms with Gasteiger partial charge in [-0.3, -0.25) is 4.79 Å². The molecule has 0 bridgehead atoms. The molecule has 0 aliphatic carbocycles. The third kappa shape index (κ3) is 3.86. The molecule has 0 saturated carbocycles. The number of carbonyl (C=O) groups is 1. The van der Waals surface area contributed by atoms with Crippen molar-refractivity contribution >= 4 is 17.2 Å². The third-order valence-electron chi connectivity index (χ3n) is 4.77. The maximum Gasteiger partial charge on any atom is 0.223 e. The highest BCUT2D eigenvalue weighted by Gasteiger charge is 2.29. The second-order valence-corrected chi connectivity index (χ2v) is 8.43. The smallest absolute Gasteiger partial charge is 0.223 e. The van der Waals surface area contributed by atoms with Crippen molar-refractivity contribution < 1.29 is 4.79 Å². The molecule has 0 unspecified atom stereocenters. The molecular weight excluding hydrogens is 316 g/mol. The van der Waals surface area contributed by atoms with Crippen molar-refractivity contribution in [3.05, 3.63) is 40.9 Å². The van der Waals surface area contributed by atoms with Crippen LogP contribution in [0.25, 0.3) is 10.6 Å². The topological polar surface area (TPSA) is 33.2 Å². The van der Waals surface area contributed by atoms with Crippen LogP contribution < -0.4 is 0 Å². The van der Waals surface area contributed by atoms with Crippen LogP contribution in [0.1, 0.15) is 50.0 Å². The van der Waals surface area contributed by atoms with E-state index in [4.69, 9.17) is 0 Å². The Hall–Kier alpha value is -1.68. The van der Waals surface area contributed by atoms with Gasteiger partial charge in [-0.2, -0.15) is 0 Å². The van der Waals surface area contributed by atoms with Crippen molar-refractivity contribution in [2.24, 2.45) is 0 Å². The zero-order chi connectivity index (χ0) is 17.2. The van der Waals surface area contributed by atoms with E-state index in [0.717, 1.165) is 36.5 Å². The fourth-order valence-electron chi connectivity index (χ4n) is 3.14. The Morgan fingerprint density at radius 3 is 2.50 bits per heavy atom. The zero-order valence-corrected chi connectivity index (χ0v) is 15.7. The molecule has 1 fully saturated rings. The SMILES string of the molecule is Cc1ccc(-c2ncc(C(C)(C)CC(=O)N3CCCCC3)s2)cc1. The molecule has 2 aromatic rings. The van der Waals surface area contributed by atoms with Crippen LogP contribution in [0.15, 0.2) is 30.5 Å². The molecule has 1 aliphatic rings. The van der Waals surface area contributed by atoms with E-state index < -0.39 is 0 Å². The standard InChI is InChI=1S/C20H26N2OS/c1-15-7-9-16(10-8-15)19-21-14-17(24-19)20(2,3)13-18(23)22-11-5-4-6-12-22/h7-10,14H,4-6,11-13H2,1-3H3. The minimum absolute atomic E-state index is 0.171. The van der Waals surface area contributed by atoms with Crippen LogP contribution in [0, 0.1) is 6.92 Å². The molecule has 2 heterocycles. The molecule has 24 heavy (non-hydrogen) atoms. The first-order valence-corrected chi connectivity index (χ1v) is 9.58. The van der Waals surface area contributed by atoms with Gasteiger partial charge in [0.1, 0.15) is 5.01 Å². The normalized spacial score (nSPS) is 15.5. The average molecular weight is 343 g/mol. The second-order valence-electron chi connectivity index (χ2n) is 7.40. The number of aryl methyl sites for hydroxylation is 1. The van der Waals surface area contributed by atoms with Gasteiger partial charge in [-0.05, 0) is 26.2 Å². The summed E-state index contributed by atoms with van der Waals surface area (Å²) in [5, 5.41) is 1.03. The van der Waals surface area contributed by atoms with Crippen molar-refractivity contribution in [1.82, 2.24) is 9.88 Å². The summed E-state index contributed by atoms with van der Waals surface area (Å²) in [6.45, 7) is 8.24. The van der Waals surface area contributed by atoms with Crippen LogP contribution in [0.3, 0.4) is 0 Å². The number of thiazole rings is 1. The van der Waals surface area contributed by atoms with Gasteiger partial charge in [0, 0.05) is 41.6 Å². The summed E-state index contributed by atoms with van der Waals surface area (Å²) in [5.41, 5.74) is 2.23. The average Bonchev–Trinajstić information content (AvgIpc) is 3.07. The highest BCUT2D eigenvalue weighted by molar-refractivity contribution is 7.15.